The zero-order chi connectivity index (χ0) is 29.9. The smallest absolute Gasteiger partial charge is 0.219 e. The minimum Gasteiger partial charge on any atom is -0.376 e. The fraction of sp³-hybridized carbons (Fsp3) is 1.00. The zero-order valence-corrected chi connectivity index (χ0v) is 27.5. The number of quaternary nitrogens is 2. The first-order valence-corrected chi connectivity index (χ1v) is 16.4. The molecule has 2 saturated carbocycles. The van der Waals surface area contributed by atoms with E-state index >= 15 is 0 Å². The number of nitrogens with zero attached hydrogens (tertiary/aromatic N) is 2. The number of hydrogen-bond donors (Lipinski definition) is 2. The first kappa shape index (κ1) is 35.9. The van der Waals surface area contributed by atoms with Crippen molar-refractivity contribution in [2.75, 3.05) is 94.0 Å². The van der Waals surface area contributed by atoms with E-state index in [1.54, 1.807) is 0 Å². The van der Waals surface area contributed by atoms with Crippen LogP contribution in [0.3, 0.4) is 0 Å². The van der Waals surface area contributed by atoms with Gasteiger partial charge in [-0.1, -0.05) is 0 Å². The average molecular weight is 575 g/mol. The molecule has 2 N–H and O–H groups in total. The molecule has 0 aliphatic heterocycles. The Morgan fingerprint density at radius 1 is 0.550 bits per heavy atom. The van der Waals surface area contributed by atoms with E-state index in [0.29, 0.717) is 60.3 Å². The number of likely N-dealkylation sites (N-methyl/N-ethyl adjacent to an activating group) is 2. The number of hydrogen-bond acceptors (Lipinski definition) is 6. The van der Waals surface area contributed by atoms with Gasteiger partial charge in [0.25, 0.3) is 0 Å². The summed E-state index contributed by atoms with van der Waals surface area (Å²) in [6.45, 7) is 14.8. The summed E-state index contributed by atoms with van der Waals surface area (Å²) < 4.78 is 24.7. The van der Waals surface area contributed by atoms with Crippen molar-refractivity contribution in [3.63, 3.8) is 0 Å². The molecular formula is C32H66N2O6+2. The lowest BCUT2D eigenvalue weighted by Gasteiger charge is -2.47. The Hall–Kier alpha value is -0.320. The van der Waals surface area contributed by atoms with Crippen LogP contribution in [0.1, 0.15) is 79.1 Å². The van der Waals surface area contributed by atoms with Crippen molar-refractivity contribution in [3.8, 4) is 0 Å². The van der Waals surface area contributed by atoms with Crippen molar-refractivity contribution in [2.45, 2.75) is 90.6 Å². The van der Waals surface area contributed by atoms with Gasteiger partial charge in [0.1, 0.15) is 26.2 Å². The molecule has 8 nitrogen and oxygen atoms in total. The van der Waals surface area contributed by atoms with Gasteiger partial charge < -0.3 is 38.1 Å². The monoisotopic (exact) mass is 574 g/mol. The van der Waals surface area contributed by atoms with E-state index in [4.69, 9.17) is 18.9 Å². The van der Waals surface area contributed by atoms with Crippen molar-refractivity contribution < 1.29 is 38.1 Å². The molecule has 2 atom stereocenters. The molecule has 2 unspecified atom stereocenters. The maximum absolute atomic E-state index is 11.7. The van der Waals surface area contributed by atoms with Crippen LogP contribution >= 0.6 is 0 Å². The molecule has 8 heteroatoms. The van der Waals surface area contributed by atoms with Gasteiger partial charge in [0.2, 0.25) is 11.6 Å². The summed E-state index contributed by atoms with van der Waals surface area (Å²) in [7, 11) is 8.65. The highest BCUT2D eigenvalue weighted by molar-refractivity contribution is 4.89. The molecule has 2 rings (SSSR count). The quantitative estimate of drug-likeness (QED) is 0.136. The predicted octanol–water partition coefficient (Wildman–Crippen LogP) is 4.28. The third-order valence-electron chi connectivity index (χ3n) is 9.67. The average Bonchev–Trinajstić information content (AvgIpc) is 2.88. The number of aliphatic hydroxyl groups is 2. The lowest BCUT2D eigenvalue weighted by atomic mass is 9.67. The van der Waals surface area contributed by atoms with E-state index in [2.05, 4.69) is 28.2 Å². The second kappa shape index (κ2) is 16.5. The van der Waals surface area contributed by atoms with Gasteiger partial charge in [-0.15, -0.1) is 0 Å². The van der Waals surface area contributed by atoms with Crippen molar-refractivity contribution in [1.29, 1.82) is 0 Å². The normalized spacial score (nSPS) is 27.8. The van der Waals surface area contributed by atoms with E-state index in [1.807, 2.05) is 27.7 Å². The lowest BCUT2D eigenvalue weighted by molar-refractivity contribution is -0.901. The summed E-state index contributed by atoms with van der Waals surface area (Å²) in [6, 6.07) is 0. The van der Waals surface area contributed by atoms with Crippen LogP contribution in [0.2, 0.25) is 0 Å². The van der Waals surface area contributed by atoms with E-state index in [1.165, 1.54) is 0 Å². The Labute approximate surface area is 246 Å². The van der Waals surface area contributed by atoms with Gasteiger partial charge in [0.15, 0.2) is 0 Å². The zero-order valence-electron chi connectivity index (χ0n) is 27.5. The van der Waals surface area contributed by atoms with Crippen LogP contribution in [0.15, 0.2) is 0 Å². The van der Waals surface area contributed by atoms with Crippen molar-refractivity contribution in [2.24, 2.45) is 23.7 Å². The molecule has 0 heterocycles. The number of rotatable bonds is 19. The molecule has 0 spiro atoms. The molecule has 0 amide bonds. The molecule has 2 aliphatic rings. The Kier molecular flexibility index (Phi) is 14.8. The summed E-state index contributed by atoms with van der Waals surface area (Å²) in [6.07, 6.45) is 8.67. The molecule has 0 aromatic heterocycles. The van der Waals surface area contributed by atoms with Crippen LogP contribution in [0, 0.1) is 23.7 Å². The summed E-state index contributed by atoms with van der Waals surface area (Å²) in [5, 5.41) is 23.5. The van der Waals surface area contributed by atoms with Crippen LogP contribution in [-0.2, 0) is 18.9 Å². The summed E-state index contributed by atoms with van der Waals surface area (Å²) in [5.74, 6) is -0.444. The maximum Gasteiger partial charge on any atom is 0.219 e. The van der Waals surface area contributed by atoms with Crippen molar-refractivity contribution in [3.05, 3.63) is 0 Å². The molecule has 0 radical (unpaired) electrons. The van der Waals surface area contributed by atoms with Crippen LogP contribution in [0.4, 0.5) is 0 Å². The fourth-order valence-corrected chi connectivity index (χ4v) is 7.47. The van der Waals surface area contributed by atoms with E-state index < -0.39 is 11.6 Å². The molecule has 238 valence electrons. The fourth-order valence-electron chi connectivity index (χ4n) is 7.47. The van der Waals surface area contributed by atoms with Crippen LogP contribution < -0.4 is 0 Å². The molecule has 0 saturated heterocycles. The Bertz CT molecular complexity index is 633. The predicted molar refractivity (Wildman–Crippen MR) is 161 cm³/mol. The molecule has 2 aliphatic carbocycles. The van der Waals surface area contributed by atoms with Gasteiger partial charge in [0.05, 0.1) is 41.4 Å². The third-order valence-corrected chi connectivity index (χ3v) is 9.67. The van der Waals surface area contributed by atoms with Gasteiger partial charge in [-0.3, -0.25) is 0 Å². The lowest BCUT2D eigenvalue weighted by Crippen LogP contribution is -2.58. The van der Waals surface area contributed by atoms with Crippen LogP contribution in [-0.4, -0.2) is 125 Å². The van der Waals surface area contributed by atoms with E-state index in [0.717, 1.165) is 77.7 Å². The Morgan fingerprint density at radius 2 is 0.875 bits per heavy atom. The largest absolute Gasteiger partial charge is 0.376 e. The standard InChI is InChI=1S/C32H66N2O6/c1-9-37-23-21-33(5,6)25-31(35,39-11-3)29-17-13-27(14-18-29)28-15-19-30(20-16-28)32(36,40-12-4)26-34(7,8)22-24-38-10-2/h27-30,35-36H,9-26H2,1-8H3/q+2. The topological polar surface area (TPSA) is 77.4 Å². The highest BCUT2D eigenvalue weighted by Gasteiger charge is 2.48. The molecule has 0 aromatic rings. The molecular weight excluding hydrogens is 508 g/mol. The van der Waals surface area contributed by atoms with Gasteiger partial charge in [-0.05, 0) is 90.9 Å². The molecule has 0 bridgehead atoms. The van der Waals surface area contributed by atoms with E-state index in [-0.39, 0.29) is 11.8 Å². The highest BCUT2D eigenvalue weighted by atomic mass is 16.6. The Morgan fingerprint density at radius 3 is 1.15 bits per heavy atom. The Balaban J connectivity index is 1.92. The van der Waals surface area contributed by atoms with Gasteiger partial charge in [-0.25, -0.2) is 0 Å². The first-order chi connectivity index (χ1) is 18.8. The molecule has 0 aromatic carbocycles. The van der Waals surface area contributed by atoms with Gasteiger partial charge in [-0.2, -0.15) is 0 Å². The summed E-state index contributed by atoms with van der Waals surface area (Å²) in [5.41, 5.74) is 0. The number of ether oxygens (including phenoxy) is 4. The summed E-state index contributed by atoms with van der Waals surface area (Å²) >= 11 is 0. The second-order valence-corrected chi connectivity index (χ2v) is 13.8. The maximum atomic E-state index is 11.7. The second-order valence-electron chi connectivity index (χ2n) is 13.8. The van der Waals surface area contributed by atoms with Crippen LogP contribution in [0.25, 0.3) is 0 Å². The first-order valence-electron chi connectivity index (χ1n) is 16.4. The molecule has 2 fully saturated rings. The highest BCUT2D eigenvalue weighted by Crippen LogP contribution is 2.46. The summed E-state index contributed by atoms with van der Waals surface area (Å²) in [4.78, 5) is 0. The van der Waals surface area contributed by atoms with E-state index in [9.17, 15) is 10.2 Å². The minimum absolute atomic E-state index is 0.171. The van der Waals surface area contributed by atoms with Crippen LogP contribution in [0.5, 0.6) is 0 Å². The van der Waals surface area contributed by atoms with Gasteiger partial charge >= 0.3 is 0 Å². The molecule has 40 heavy (non-hydrogen) atoms. The third kappa shape index (κ3) is 11.1. The van der Waals surface area contributed by atoms with Crippen molar-refractivity contribution >= 4 is 0 Å². The van der Waals surface area contributed by atoms with Gasteiger partial charge in [0, 0.05) is 38.3 Å². The van der Waals surface area contributed by atoms with Crippen molar-refractivity contribution in [1.82, 2.24) is 0 Å². The SMILES string of the molecule is CCOCC[N+](C)(C)CC(O)(OCC)C1CCC(C2CCC(C(O)(C[N+](C)(C)CCOCC)OCC)CC2)CC1. The minimum atomic E-state index is -1.09.